The Bertz CT molecular complexity index is 437. The molecule has 0 atom stereocenters. The van der Waals surface area contributed by atoms with Crippen LogP contribution in [0.25, 0.3) is 0 Å². The Balaban J connectivity index is 2.08. The van der Waals surface area contributed by atoms with Crippen LogP contribution in [0.15, 0.2) is 39.5 Å². The highest BCUT2D eigenvalue weighted by Crippen LogP contribution is 2.24. The number of halogens is 1. The molecule has 0 saturated heterocycles. The van der Waals surface area contributed by atoms with Gasteiger partial charge in [0.25, 0.3) is 0 Å². The van der Waals surface area contributed by atoms with Crippen LogP contribution in [0.4, 0.5) is 5.69 Å². The van der Waals surface area contributed by atoms with Crippen LogP contribution in [-0.4, -0.2) is 0 Å². The van der Waals surface area contributed by atoms with E-state index in [0.29, 0.717) is 0 Å². The van der Waals surface area contributed by atoms with E-state index >= 15 is 0 Å². The molecule has 0 aliphatic heterocycles. The molecule has 1 N–H and O–H groups in total. The first-order chi connectivity index (χ1) is 7.27. The molecule has 78 valence electrons. The molecule has 0 spiro atoms. The predicted molar refractivity (Wildman–Crippen MR) is 70.5 cm³/mol. The standard InChI is InChI=1S/C12H12BrNS/c1-9-11(13)3-2-4-12(9)14-7-10-5-6-15-8-10/h2-6,8,14H,7H2,1H3. The Morgan fingerprint density at radius 1 is 1.33 bits per heavy atom. The van der Waals surface area contributed by atoms with Crippen LogP contribution >= 0.6 is 27.3 Å². The van der Waals surface area contributed by atoms with Crippen LogP contribution in [0.3, 0.4) is 0 Å². The average molecular weight is 282 g/mol. The van der Waals surface area contributed by atoms with Crippen molar-refractivity contribution in [1.29, 1.82) is 0 Å². The van der Waals surface area contributed by atoms with E-state index in [1.54, 1.807) is 11.3 Å². The van der Waals surface area contributed by atoms with Gasteiger partial charge in [-0.3, -0.25) is 0 Å². The monoisotopic (exact) mass is 281 g/mol. The Kier molecular flexibility index (Phi) is 3.44. The molecule has 0 amide bonds. The van der Waals surface area contributed by atoms with Gasteiger partial charge in [-0.15, -0.1) is 0 Å². The number of nitrogens with one attached hydrogen (secondary N) is 1. The van der Waals surface area contributed by atoms with Gasteiger partial charge in [0.15, 0.2) is 0 Å². The predicted octanol–water partition coefficient (Wildman–Crippen LogP) is 4.43. The molecular weight excluding hydrogens is 270 g/mol. The second-order valence-corrected chi connectivity index (χ2v) is 5.03. The highest BCUT2D eigenvalue weighted by molar-refractivity contribution is 9.10. The molecule has 1 heterocycles. The van der Waals surface area contributed by atoms with Crippen LogP contribution < -0.4 is 5.32 Å². The van der Waals surface area contributed by atoms with Crippen molar-refractivity contribution < 1.29 is 0 Å². The molecule has 15 heavy (non-hydrogen) atoms. The first-order valence-electron chi connectivity index (χ1n) is 4.77. The summed E-state index contributed by atoms with van der Waals surface area (Å²) in [6, 6.07) is 8.36. The summed E-state index contributed by atoms with van der Waals surface area (Å²) in [7, 11) is 0. The van der Waals surface area contributed by atoms with E-state index < -0.39 is 0 Å². The molecular formula is C12H12BrNS. The maximum atomic E-state index is 3.53. The average Bonchev–Trinajstić information content (AvgIpc) is 2.73. The maximum absolute atomic E-state index is 3.53. The fraction of sp³-hybridized carbons (Fsp3) is 0.167. The van der Waals surface area contributed by atoms with Gasteiger partial charge in [-0.25, -0.2) is 0 Å². The number of hydrogen-bond donors (Lipinski definition) is 1. The molecule has 0 bridgehead atoms. The molecule has 0 unspecified atom stereocenters. The van der Waals surface area contributed by atoms with E-state index in [0.717, 1.165) is 11.0 Å². The number of rotatable bonds is 3. The number of anilines is 1. The first-order valence-corrected chi connectivity index (χ1v) is 6.51. The summed E-state index contributed by atoms with van der Waals surface area (Å²) in [5, 5.41) is 7.70. The molecule has 2 rings (SSSR count). The number of thiophene rings is 1. The SMILES string of the molecule is Cc1c(Br)cccc1NCc1ccsc1. The lowest BCUT2D eigenvalue weighted by Gasteiger charge is -2.09. The van der Waals surface area contributed by atoms with Gasteiger partial charge in [0.1, 0.15) is 0 Å². The smallest absolute Gasteiger partial charge is 0.0409 e. The maximum Gasteiger partial charge on any atom is 0.0409 e. The van der Waals surface area contributed by atoms with Gasteiger partial charge in [0.2, 0.25) is 0 Å². The summed E-state index contributed by atoms with van der Waals surface area (Å²) < 4.78 is 1.15. The lowest BCUT2D eigenvalue weighted by Crippen LogP contribution is -1.99. The third kappa shape index (κ3) is 2.61. The molecule has 2 aromatic rings. The van der Waals surface area contributed by atoms with Crippen LogP contribution in [-0.2, 0) is 6.54 Å². The largest absolute Gasteiger partial charge is 0.381 e. The van der Waals surface area contributed by atoms with Crippen LogP contribution in [0, 0.1) is 6.92 Å². The van der Waals surface area contributed by atoms with Crippen molar-refractivity contribution in [3.8, 4) is 0 Å². The van der Waals surface area contributed by atoms with Crippen molar-refractivity contribution in [2.45, 2.75) is 13.5 Å². The minimum absolute atomic E-state index is 0.890. The molecule has 0 aliphatic rings. The van der Waals surface area contributed by atoms with E-state index in [1.807, 2.05) is 6.07 Å². The molecule has 0 fully saturated rings. The third-order valence-corrected chi connectivity index (χ3v) is 3.92. The van der Waals surface area contributed by atoms with Gasteiger partial charge in [-0.2, -0.15) is 11.3 Å². The van der Waals surface area contributed by atoms with Gasteiger partial charge in [0, 0.05) is 16.7 Å². The van der Waals surface area contributed by atoms with E-state index in [1.165, 1.54) is 16.8 Å². The number of hydrogen-bond acceptors (Lipinski definition) is 2. The van der Waals surface area contributed by atoms with Crippen LogP contribution in [0.2, 0.25) is 0 Å². The highest BCUT2D eigenvalue weighted by atomic mass is 79.9. The van der Waals surface area contributed by atoms with Crippen LogP contribution in [0.1, 0.15) is 11.1 Å². The Hall–Kier alpha value is -0.800. The molecule has 0 radical (unpaired) electrons. The van der Waals surface area contributed by atoms with Gasteiger partial charge < -0.3 is 5.32 Å². The van der Waals surface area contributed by atoms with Crippen molar-refractivity contribution in [1.82, 2.24) is 0 Å². The Labute approximate surface area is 102 Å². The summed E-state index contributed by atoms with van der Waals surface area (Å²) in [6.07, 6.45) is 0. The second-order valence-electron chi connectivity index (χ2n) is 3.40. The minimum Gasteiger partial charge on any atom is -0.381 e. The second kappa shape index (κ2) is 4.81. The normalized spacial score (nSPS) is 10.3. The lowest BCUT2D eigenvalue weighted by molar-refractivity contribution is 1.15. The third-order valence-electron chi connectivity index (χ3n) is 2.33. The van der Waals surface area contributed by atoms with Crippen LogP contribution in [0.5, 0.6) is 0 Å². The lowest BCUT2D eigenvalue weighted by atomic mass is 10.2. The Morgan fingerprint density at radius 3 is 2.93 bits per heavy atom. The fourth-order valence-electron chi connectivity index (χ4n) is 1.39. The minimum atomic E-state index is 0.890. The zero-order chi connectivity index (χ0) is 10.7. The quantitative estimate of drug-likeness (QED) is 0.878. The molecule has 1 aromatic heterocycles. The summed E-state index contributed by atoms with van der Waals surface area (Å²) in [5.74, 6) is 0. The van der Waals surface area contributed by atoms with Gasteiger partial charge >= 0.3 is 0 Å². The molecule has 1 nitrogen and oxygen atoms in total. The summed E-state index contributed by atoms with van der Waals surface area (Å²) >= 11 is 5.26. The molecule has 3 heteroatoms. The van der Waals surface area contributed by atoms with E-state index in [-0.39, 0.29) is 0 Å². The van der Waals surface area contributed by atoms with Crippen molar-refractivity contribution in [2.24, 2.45) is 0 Å². The van der Waals surface area contributed by atoms with Gasteiger partial charge in [0.05, 0.1) is 0 Å². The molecule has 0 saturated carbocycles. The topological polar surface area (TPSA) is 12.0 Å². The van der Waals surface area contributed by atoms with Crippen molar-refractivity contribution >= 4 is 33.0 Å². The van der Waals surface area contributed by atoms with Crippen molar-refractivity contribution in [3.05, 3.63) is 50.6 Å². The fourth-order valence-corrected chi connectivity index (χ4v) is 2.42. The number of benzene rings is 1. The molecule has 1 aromatic carbocycles. The van der Waals surface area contributed by atoms with E-state index in [2.05, 4.69) is 57.1 Å². The molecule has 0 aliphatic carbocycles. The van der Waals surface area contributed by atoms with Gasteiger partial charge in [-0.1, -0.05) is 22.0 Å². The van der Waals surface area contributed by atoms with Crippen molar-refractivity contribution in [2.75, 3.05) is 5.32 Å². The zero-order valence-corrected chi connectivity index (χ0v) is 10.9. The van der Waals surface area contributed by atoms with Gasteiger partial charge in [-0.05, 0) is 47.0 Å². The van der Waals surface area contributed by atoms with E-state index in [9.17, 15) is 0 Å². The first kappa shape index (κ1) is 10.7. The highest BCUT2D eigenvalue weighted by Gasteiger charge is 2.00. The summed E-state index contributed by atoms with van der Waals surface area (Å²) in [6.45, 7) is 3.00. The van der Waals surface area contributed by atoms with E-state index in [4.69, 9.17) is 0 Å². The Morgan fingerprint density at radius 2 is 2.20 bits per heavy atom. The zero-order valence-electron chi connectivity index (χ0n) is 8.46. The van der Waals surface area contributed by atoms with Crippen molar-refractivity contribution in [3.63, 3.8) is 0 Å². The summed E-state index contributed by atoms with van der Waals surface area (Å²) in [5.41, 5.74) is 3.78. The summed E-state index contributed by atoms with van der Waals surface area (Å²) in [4.78, 5) is 0.